The minimum Gasteiger partial charge on any atom is -0.381 e. The molecule has 22 heavy (non-hydrogen) atoms. The summed E-state index contributed by atoms with van der Waals surface area (Å²) in [5.41, 5.74) is 1.75. The number of nitrogens with zero attached hydrogens (tertiary/aromatic N) is 4. The summed E-state index contributed by atoms with van der Waals surface area (Å²) in [6.07, 6.45) is 9.55. The maximum atomic E-state index is 5.47. The van der Waals surface area contributed by atoms with Gasteiger partial charge in [0.05, 0.1) is 6.20 Å². The predicted molar refractivity (Wildman–Crippen MR) is 85.5 cm³/mol. The molecular formula is C17H24N4O. The number of ether oxygens (including phenoxy) is 1. The second-order valence-electron chi connectivity index (χ2n) is 7.00. The van der Waals surface area contributed by atoms with Gasteiger partial charge < -0.3 is 9.30 Å². The number of imidazole rings is 1. The molecule has 1 aliphatic rings. The fraction of sp³-hybridized carbons (Fsp3) is 0.588. The average Bonchev–Trinajstić information content (AvgIpc) is 2.93. The number of aromatic nitrogens is 4. The molecule has 3 rings (SSSR count). The van der Waals surface area contributed by atoms with Gasteiger partial charge in [-0.1, -0.05) is 20.8 Å². The average molecular weight is 300 g/mol. The summed E-state index contributed by atoms with van der Waals surface area (Å²) >= 11 is 0. The molecule has 5 nitrogen and oxygen atoms in total. The van der Waals surface area contributed by atoms with Crippen LogP contribution >= 0.6 is 0 Å². The molecule has 1 saturated heterocycles. The molecule has 0 spiro atoms. The topological polar surface area (TPSA) is 52.8 Å². The molecule has 3 heterocycles. The van der Waals surface area contributed by atoms with Crippen molar-refractivity contribution in [3.8, 4) is 11.4 Å². The van der Waals surface area contributed by atoms with E-state index in [0.717, 1.165) is 49.8 Å². The molecule has 0 aliphatic carbocycles. The Hall–Kier alpha value is -1.75. The van der Waals surface area contributed by atoms with Crippen molar-refractivity contribution in [1.82, 2.24) is 19.5 Å². The van der Waals surface area contributed by atoms with E-state index in [2.05, 4.69) is 41.5 Å². The molecular weight excluding hydrogens is 276 g/mol. The highest BCUT2D eigenvalue weighted by Crippen LogP contribution is 2.27. The van der Waals surface area contributed by atoms with Gasteiger partial charge in [-0.05, 0) is 18.8 Å². The van der Waals surface area contributed by atoms with Gasteiger partial charge in [-0.25, -0.2) is 4.98 Å². The number of rotatable bonds is 3. The predicted octanol–water partition coefficient (Wildman–Crippen LogP) is 3.06. The minimum atomic E-state index is 0.00558. The van der Waals surface area contributed by atoms with Gasteiger partial charge >= 0.3 is 0 Å². The Kier molecular flexibility index (Phi) is 4.25. The Morgan fingerprint density at radius 2 is 1.95 bits per heavy atom. The molecule has 0 radical (unpaired) electrons. The van der Waals surface area contributed by atoms with E-state index in [0.29, 0.717) is 5.92 Å². The van der Waals surface area contributed by atoms with Crippen molar-refractivity contribution in [2.24, 2.45) is 5.92 Å². The first-order valence-corrected chi connectivity index (χ1v) is 7.96. The van der Waals surface area contributed by atoms with Gasteiger partial charge in [0.2, 0.25) is 0 Å². The van der Waals surface area contributed by atoms with Crippen LogP contribution in [0.5, 0.6) is 0 Å². The minimum absolute atomic E-state index is 0.00558. The summed E-state index contributed by atoms with van der Waals surface area (Å²) in [7, 11) is 0. The molecule has 0 unspecified atom stereocenters. The first-order chi connectivity index (χ1) is 10.5. The van der Waals surface area contributed by atoms with E-state index in [1.165, 1.54) is 0 Å². The third-order valence-electron chi connectivity index (χ3n) is 4.07. The Morgan fingerprint density at radius 1 is 1.18 bits per heavy atom. The van der Waals surface area contributed by atoms with E-state index in [9.17, 15) is 0 Å². The quantitative estimate of drug-likeness (QED) is 0.874. The maximum Gasteiger partial charge on any atom is 0.114 e. The zero-order chi connectivity index (χ0) is 15.6. The zero-order valence-corrected chi connectivity index (χ0v) is 13.6. The SMILES string of the molecule is CC(C)(C)c1nc(-c2cnccn2)cn1CC1CCOCC1. The molecule has 0 bridgehead atoms. The van der Waals surface area contributed by atoms with Gasteiger partial charge in [-0.2, -0.15) is 0 Å². The summed E-state index contributed by atoms with van der Waals surface area (Å²) in [6.45, 7) is 9.37. The van der Waals surface area contributed by atoms with Crippen LogP contribution < -0.4 is 0 Å². The second kappa shape index (κ2) is 6.16. The van der Waals surface area contributed by atoms with Crippen LogP contribution in [-0.2, 0) is 16.7 Å². The van der Waals surface area contributed by atoms with Gasteiger partial charge in [-0.15, -0.1) is 0 Å². The molecule has 2 aromatic rings. The van der Waals surface area contributed by atoms with Gasteiger partial charge in [0, 0.05) is 43.8 Å². The lowest BCUT2D eigenvalue weighted by molar-refractivity contribution is 0.0608. The molecule has 0 N–H and O–H groups in total. The molecule has 0 amide bonds. The Balaban J connectivity index is 1.91. The monoisotopic (exact) mass is 300 g/mol. The van der Waals surface area contributed by atoms with Crippen LogP contribution in [0.25, 0.3) is 11.4 Å². The first kappa shape index (κ1) is 15.2. The lowest BCUT2D eigenvalue weighted by atomic mass is 9.94. The molecule has 0 saturated carbocycles. The van der Waals surface area contributed by atoms with E-state index >= 15 is 0 Å². The lowest BCUT2D eigenvalue weighted by Gasteiger charge is -2.25. The molecule has 1 fully saturated rings. The fourth-order valence-electron chi connectivity index (χ4n) is 2.92. The molecule has 0 aromatic carbocycles. The van der Waals surface area contributed by atoms with Gasteiger partial charge in [-0.3, -0.25) is 9.97 Å². The van der Waals surface area contributed by atoms with Crippen molar-refractivity contribution >= 4 is 0 Å². The van der Waals surface area contributed by atoms with Crippen LogP contribution in [0.1, 0.15) is 39.4 Å². The summed E-state index contributed by atoms with van der Waals surface area (Å²) in [5.74, 6) is 1.78. The smallest absolute Gasteiger partial charge is 0.114 e. The van der Waals surface area contributed by atoms with Crippen molar-refractivity contribution in [2.45, 2.75) is 45.6 Å². The third kappa shape index (κ3) is 3.35. The highest BCUT2D eigenvalue weighted by atomic mass is 16.5. The van der Waals surface area contributed by atoms with Gasteiger partial charge in [0.1, 0.15) is 17.2 Å². The van der Waals surface area contributed by atoms with Crippen LogP contribution in [0, 0.1) is 5.92 Å². The summed E-state index contributed by atoms with van der Waals surface area (Å²) in [5, 5.41) is 0. The summed E-state index contributed by atoms with van der Waals surface area (Å²) in [4.78, 5) is 13.4. The van der Waals surface area contributed by atoms with Gasteiger partial charge in [0.25, 0.3) is 0 Å². The first-order valence-electron chi connectivity index (χ1n) is 7.96. The Labute approximate surface area is 131 Å². The van der Waals surface area contributed by atoms with Crippen LogP contribution in [0.3, 0.4) is 0 Å². The van der Waals surface area contributed by atoms with E-state index in [1.54, 1.807) is 18.6 Å². The maximum absolute atomic E-state index is 5.47. The van der Waals surface area contributed by atoms with Crippen molar-refractivity contribution in [1.29, 1.82) is 0 Å². The highest BCUT2D eigenvalue weighted by molar-refractivity contribution is 5.52. The molecule has 0 atom stereocenters. The summed E-state index contributed by atoms with van der Waals surface area (Å²) in [6, 6.07) is 0. The van der Waals surface area contributed by atoms with Crippen molar-refractivity contribution in [3.05, 3.63) is 30.6 Å². The molecule has 2 aromatic heterocycles. The molecule has 1 aliphatic heterocycles. The lowest BCUT2D eigenvalue weighted by Crippen LogP contribution is -2.24. The van der Waals surface area contributed by atoms with Crippen LogP contribution in [-0.4, -0.2) is 32.7 Å². The van der Waals surface area contributed by atoms with E-state index in [-0.39, 0.29) is 5.41 Å². The zero-order valence-electron chi connectivity index (χ0n) is 13.6. The summed E-state index contributed by atoms with van der Waals surface area (Å²) < 4.78 is 7.77. The fourth-order valence-corrected chi connectivity index (χ4v) is 2.92. The molecule has 118 valence electrons. The highest BCUT2D eigenvalue weighted by Gasteiger charge is 2.24. The Bertz CT molecular complexity index is 609. The number of hydrogen-bond donors (Lipinski definition) is 0. The van der Waals surface area contributed by atoms with Crippen LogP contribution in [0.4, 0.5) is 0 Å². The largest absolute Gasteiger partial charge is 0.381 e. The third-order valence-corrected chi connectivity index (χ3v) is 4.07. The number of hydrogen-bond acceptors (Lipinski definition) is 4. The van der Waals surface area contributed by atoms with E-state index < -0.39 is 0 Å². The van der Waals surface area contributed by atoms with E-state index in [1.807, 2.05) is 0 Å². The van der Waals surface area contributed by atoms with Crippen LogP contribution in [0.15, 0.2) is 24.8 Å². The van der Waals surface area contributed by atoms with Crippen molar-refractivity contribution in [2.75, 3.05) is 13.2 Å². The standard InChI is InChI=1S/C17H24N4O/c1-17(2,3)16-20-15(14-10-18-6-7-19-14)12-21(16)11-13-4-8-22-9-5-13/h6-7,10,12-13H,4-5,8-9,11H2,1-3H3. The van der Waals surface area contributed by atoms with Crippen molar-refractivity contribution < 1.29 is 4.74 Å². The molecule has 5 heteroatoms. The van der Waals surface area contributed by atoms with E-state index in [4.69, 9.17) is 9.72 Å². The Morgan fingerprint density at radius 3 is 2.59 bits per heavy atom. The normalized spacial score (nSPS) is 16.9. The van der Waals surface area contributed by atoms with Gasteiger partial charge in [0.15, 0.2) is 0 Å². The second-order valence-corrected chi connectivity index (χ2v) is 7.00. The van der Waals surface area contributed by atoms with Crippen molar-refractivity contribution in [3.63, 3.8) is 0 Å². The van der Waals surface area contributed by atoms with Crippen LogP contribution in [0.2, 0.25) is 0 Å².